The van der Waals surface area contributed by atoms with Gasteiger partial charge in [-0.3, -0.25) is 9.69 Å². The number of hydrogen-bond donors (Lipinski definition) is 1. The predicted molar refractivity (Wildman–Crippen MR) is 122 cm³/mol. The van der Waals surface area contributed by atoms with Crippen molar-refractivity contribution in [1.29, 1.82) is 0 Å². The van der Waals surface area contributed by atoms with E-state index in [4.69, 9.17) is 4.74 Å². The predicted octanol–water partition coefficient (Wildman–Crippen LogP) is 3.56. The lowest BCUT2D eigenvalue weighted by atomic mass is 10.0. The zero-order valence-electron chi connectivity index (χ0n) is 18.8. The monoisotopic (exact) mass is 409 g/mol. The fraction of sp³-hybridized carbons (Fsp3) is 0.480. The molecular formula is C25H35N3O2. The summed E-state index contributed by atoms with van der Waals surface area (Å²) in [6, 6.07) is 14.7. The number of aryl methyl sites for hydroxylation is 1. The maximum atomic E-state index is 12.3. The molecular weight excluding hydrogens is 374 g/mol. The van der Waals surface area contributed by atoms with E-state index in [1.165, 1.54) is 5.56 Å². The number of carbonyl (C=O) groups is 1. The SMILES string of the molecule is Cc1ccc(C(C)C)c(OCC(=O)NCc2cccc(CN3CCN(C)CC3)c2)c1. The van der Waals surface area contributed by atoms with Gasteiger partial charge in [0.05, 0.1) is 0 Å². The van der Waals surface area contributed by atoms with Crippen molar-refractivity contribution < 1.29 is 9.53 Å². The second-order valence-corrected chi connectivity index (χ2v) is 8.66. The Morgan fingerprint density at radius 1 is 1.07 bits per heavy atom. The summed E-state index contributed by atoms with van der Waals surface area (Å²) in [5.41, 5.74) is 4.68. The van der Waals surface area contributed by atoms with Crippen molar-refractivity contribution in [2.24, 2.45) is 0 Å². The Bertz CT molecular complexity index is 842. The Balaban J connectivity index is 1.49. The van der Waals surface area contributed by atoms with E-state index in [1.54, 1.807) is 0 Å². The number of rotatable bonds is 8. The lowest BCUT2D eigenvalue weighted by Crippen LogP contribution is -2.43. The molecule has 5 nitrogen and oxygen atoms in total. The van der Waals surface area contributed by atoms with Gasteiger partial charge in [0.1, 0.15) is 5.75 Å². The van der Waals surface area contributed by atoms with Crippen molar-refractivity contribution in [2.45, 2.75) is 39.8 Å². The van der Waals surface area contributed by atoms with Crippen LogP contribution in [0.4, 0.5) is 0 Å². The van der Waals surface area contributed by atoms with Gasteiger partial charge in [0.25, 0.3) is 5.91 Å². The third-order valence-electron chi connectivity index (χ3n) is 5.63. The summed E-state index contributed by atoms with van der Waals surface area (Å²) in [6.07, 6.45) is 0. The minimum atomic E-state index is -0.101. The fourth-order valence-electron chi connectivity index (χ4n) is 3.74. The van der Waals surface area contributed by atoms with Gasteiger partial charge in [-0.15, -0.1) is 0 Å². The van der Waals surface area contributed by atoms with Gasteiger partial charge in [0.2, 0.25) is 0 Å². The van der Waals surface area contributed by atoms with Gasteiger partial charge in [-0.1, -0.05) is 50.2 Å². The number of carbonyl (C=O) groups excluding carboxylic acids is 1. The first-order chi connectivity index (χ1) is 14.4. The first kappa shape index (κ1) is 22.3. The highest BCUT2D eigenvalue weighted by Gasteiger charge is 2.14. The molecule has 0 spiro atoms. The summed E-state index contributed by atoms with van der Waals surface area (Å²) in [7, 11) is 2.17. The molecule has 1 heterocycles. The van der Waals surface area contributed by atoms with Crippen LogP contribution in [0, 0.1) is 6.92 Å². The van der Waals surface area contributed by atoms with Gasteiger partial charge in [0.15, 0.2) is 6.61 Å². The first-order valence-corrected chi connectivity index (χ1v) is 10.9. The van der Waals surface area contributed by atoms with E-state index in [-0.39, 0.29) is 12.5 Å². The Morgan fingerprint density at radius 3 is 2.53 bits per heavy atom. The Kier molecular flexibility index (Phi) is 7.88. The van der Waals surface area contributed by atoms with Crippen molar-refractivity contribution in [1.82, 2.24) is 15.1 Å². The van der Waals surface area contributed by atoms with Crippen LogP contribution in [0.15, 0.2) is 42.5 Å². The van der Waals surface area contributed by atoms with Crippen LogP contribution in [-0.4, -0.2) is 55.5 Å². The standard InChI is InChI=1S/C25H35N3O2/c1-19(2)23-9-8-20(3)14-24(23)30-18-25(29)26-16-21-6-5-7-22(15-21)17-28-12-10-27(4)11-13-28/h5-9,14-15,19H,10-13,16-18H2,1-4H3,(H,26,29). The van der Waals surface area contributed by atoms with Gasteiger partial charge in [0, 0.05) is 39.3 Å². The quantitative estimate of drug-likeness (QED) is 0.724. The van der Waals surface area contributed by atoms with Crippen LogP contribution in [0.3, 0.4) is 0 Å². The number of nitrogens with one attached hydrogen (secondary N) is 1. The van der Waals surface area contributed by atoms with E-state index in [1.807, 2.05) is 13.0 Å². The molecule has 0 saturated carbocycles. The topological polar surface area (TPSA) is 44.8 Å². The van der Waals surface area contributed by atoms with Crippen molar-refractivity contribution in [3.8, 4) is 5.75 Å². The van der Waals surface area contributed by atoms with Crippen molar-refractivity contribution in [3.05, 3.63) is 64.7 Å². The van der Waals surface area contributed by atoms with Crippen LogP contribution in [-0.2, 0) is 17.9 Å². The molecule has 30 heavy (non-hydrogen) atoms. The molecule has 1 N–H and O–H groups in total. The first-order valence-electron chi connectivity index (χ1n) is 10.9. The van der Waals surface area contributed by atoms with Gasteiger partial charge in [-0.05, 0) is 48.2 Å². The number of likely N-dealkylation sites (N-methyl/N-ethyl adjacent to an activating group) is 1. The Morgan fingerprint density at radius 2 is 1.80 bits per heavy atom. The molecule has 1 aliphatic heterocycles. The van der Waals surface area contributed by atoms with Gasteiger partial charge in [-0.25, -0.2) is 0 Å². The summed E-state index contributed by atoms with van der Waals surface area (Å²) in [6.45, 7) is 12.3. The van der Waals surface area contributed by atoms with E-state index in [2.05, 4.69) is 72.4 Å². The van der Waals surface area contributed by atoms with Gasteiger partial charge in [-0.2, -0.15) is 0 Å². The minimum Gasteiger partial charge on any atom is -0.483 e. The molecule has 0 atom stereocenters. The molecule has 2 aromatic carbocycles. The van der Waals surface area contributed by atoms with E-state index in [0.29, 0.717) is 12.5 Å². The highest BCUT2D eigenvalue weighted by Crippen LogP contribution is 2.27. The van der Waals surface area contributed by atoms with Gasteiger partial charge >= 0.3 is 0 Å². The number of hydrogen-bond acceptors (Lipinski definition) is 4. The molecule has 0 aliphatic carbocycles. The zero-order valence-corrected chi connectivity index (χ0v) is 18.8. The lowest BCUT2D eigenvalue weighted by Gasteiger charge is -2.32. The highest BCUT2D eigenvalue weighted by molar-refractivity contribution is 5.77. The molecule has 0 bridgehead atoms. The molecule has 1 aliphatic rings. The third-order valence-corrected chi connectivity index (χ3v) is 5.63. The molecule has 2 aromatic rings. The van der Waals surface area contributed by atoms with Crippen LogP contribution >= 0.6 is 0 Å². The fourth-order valence-corrected chi connectivity index (χ4v) is 3.74. The molecule has 3 rings (SSSR count). The third kappa shape index (κ3) is 6.57. The average Bonchev–Trinajstić information content (AvgIpc) is 2.72. The van der Waals surface area contributed by atoms with E-state index in [9.17, 15) is 4.79 Å². The molecule has 1 fully saturated rings. The average molecular weight is 410 g/mol. The number of benzene rings is 2. The lowest BCUT2D eigenvalue weighted by molar-refractivity contribution is -0.123. The summed E-state index contributed by atoms with van der Waals surface area (Å²) >= 11 is 0. The van der Waals surface area contributed by atoms with Crippen molar-refractivity contribution >= 4 is 5.91 Å². The van der Waals surface area contributed by atoms with Gasteiger partial charge < -0.3 is 15.0 Å². The maximum Gasteiger partial charge on any atom is 0.258 e. The molecule has 0 radical (unpaired) electrons. The van der Waals surface area contributed by atoms with Crippen LogP contribution in [0.25, 0.3) is 0 Å². The van der Waals surface area contributed by atoms with E-state index in [0.717, 1.165) is 55.2 Å². The summed E-state index contributed by atoms with van der Waals surface area (Å²) < 4.78 is 5.84. The van der Waals surface area contributed by atoms with Crippen LogP contribution in [0.5, 0.6) is 5.75 Å². The largest absolute Gasteiger partial charge is 0.483 e. The summed E-state index contributed by atoms with van der Waals surface area (Å²) in [5.74, 6) is 1.05. The molecule has 1 amide bonds. The second-order valence-electron chi connectivity index (χ2n) is 8.66. The van der Waals surface area contributed by atoms with E-state index < -0.39 is 0 Å². The smallest absolute Gasteiger partial charge is 0.258 e. The van der Waals surface area contributed by atoms with Crippen molar-refractivity contribution in [3.63, 3.8) is 0 Å². The minimum absolute atomic E-state index is 0.0319. The normalized spacial score (nSPS) is 15.4. The molecule has 162 valence electrons. The number of piperazine rings is 1. The summed E-state index contributed by atoms with van der Waals surface area (Å²) in [4.78, 5) is 17.2. The zero-order chi connectivity index (χ0) is 21.5. The molecule has 0 aromatic heterocycles. The number of nitrogens with zero attached hydrogens (tertiary/aromatic N) is 2. The van der Waals surface area contributed by atoms with E-state index >= 15 is 0 Å². The molecule has 5 heteroatoms. The Labute approximate surface area is 181 Å². The van der Waals surface area contributed by atoms with Crippen LogP contribution < -0.4 is 10.1 Å². The second kappa shape index (κ2) is 10.6. The van der Waals surface area contributed by atoms with Crippen LogP contribution in [0.2, 0.25) is 0 Å². The van der Waals surface area contributed by atoms with Crippen molar-refractivity contribution in [2.75, 3.05) is 39.8 Å². The Hall–Kier alpha value is -2.37. The highest BCUT2D eigenvalue weighted by atomic mass is 16.5. The number of amides is 1. The maximum absolute atomic E-state index is 12.3. The van der Waals surface area contributed by atoms with Crippen LogP contribution in [0.1, 0.15) is 42.0 Å². The molecule has 1 saturated heterocycles. The number of ether oxygens (including phenoxy) is 1. The summed E-state index contributed by atoms with van der Waals surface area (Å²) in [5, 5.41) is 2.98. The molecule has 0 unspecified atom stereocenters.